The maximum Gasteiger partial charge on any atom is 0.408 e. The molecule has 3 aromatic rings. The molecule has 256 valence electrons. The normalized spacial score (nSPS) is 26.8. The zero-order chi connectivity index (χ0) is 34.1. The van der Waals surface area contributed by atoms with Gasteiger partial charge in [0.15, 0.2) is 5.69 Å². The van der Waals surface area contributed by atoms with Gasteiger partial charge in [0.1, 0.15) is 29.3 Å². The van der Waals surface area contributed by atoms with Gasteiger partial charge >= 0.3 is 12.1 Å². The van der Waals surface area contributed by atoms with Crippen LogP contribution in [0, 0.1) is 5.92 Å². The molecular weight excluding hydrogens is 622 g/mol. The van der Waals surface area contributed by atoms with Gasteiger partial charge in [-0.2, -0.15) is 5.21 Å². The molecule has 0 bridgehead atoms. The molecule has 1 saturated carbocycles. The van der Waals surface area contributed by atoms with Gasteiger partial charge < -0.3 is 30.1 Å². The summed E-state index contributed by atoms with van der Waals surface area (Å²) in [6.07, 6.45) is 4.07. The summed E-state index contributed by atoms with van der Waals surface area (Å²) in [6.45, 7) is 5.16. The molecule has 2 aliphatic heterocycles. The molecule has 0 radical (unpaired) electrons. The lowest BCUT2D eigenvalue weighted by molar-refractivity contribution is -0.146. The van der Waals surface area contributed by atoms with Gasteiger partial charge in [0.2, 0.25) is 23.5 Å². The van der Waals surface area contributed by atoms with Gasteiger partial charge in [-0.05, 0) is 63.3 Å². The predicted octanol–water partition coefficient (Wildman–Crippen LogP) is 2.76. The molecule has 3 aliphatic rings. The third-order valence-corrected chi connectivity index (χ3v) is 9.09. The topological polar surface area (TPSA) is 215 Å². The highest BCUT2D eigenvalue weighted by molar-refractivity contribution is 5.96. The van der Waals surface area contributed by atoms with Gasteiger partial charge in [-0.1, -0.05) is 44.2 Å². The van der Waals surface area contributed by atoms with Crippen LogP contribution < -0.4 is 15.4 Å². The highest BCUT2D eigenvalue weighted by Gasteiger charge is 2.62. The molecule has 2 unspecified atom stereocenters. The summed E-state index contributed by atoms with van der Waals surface area (Å²) in [7, 11) is 0. The van der Waals surface area contributed by atoms with Crippen LogP contribution in [0.1, 0.15) is 78.6 Å². The number of nitrogens with zero attached hydrogens (tertiary/aromatic N) is 6. The van der Waals surface area contributed by atoms with Crippen molar-refractivity contribution in [1.82, 2.24) is 46.1 Å². The number of aromatic nitrogens is 6. The second-order valence-electron chi connectivity index (χ2n) is 13.8. The maximum atomic E-state index is 14.3. The first-order valence-electron chi connectivity index (χ1n) is 16.5. The number of carboxylic acids is 1. The highest BCUT2D eigenvalue weighted by Crippen LogP contribution is 2.47. The minimum atomic E-state index is -1.38. The van der Waals surface area contributed by atoms with E-state index in [1.54, 1.807) is 32.9 Å². The monoisotopic (exact) mass is 663 g/mol. The first-order chi connectivity index (χ1) is 22.9. The SMILES string of the molecule is CC(C)(C)OC(=O)N[C@H]1CCCCCCCC2CC2(C(=O)O)NC(=O)[C@@H]2C[C@@H](Oc3nc4ccccc4nc3-c3nn[nH]n3)CN2C1=O. The van der Waals surface area contributed by atoms with Crippen LogP contribution in [0.3, 0.4) is 0 Å². The molecule has 2 aromatic heterocycles. The zero-order valence-corrected chi connectivity index (χ0v) is 27.3. The number of nitrogens with one attached hydrogen (secondary N) is 3. The van der Waals surface area contributed by atoms with E-state index in [0.29, 0.717) is 36.7 Å². The van der Waals surface area contributed by atoms with E-state index >= 15 is 0 Å². The van der Waals surface area contributed by atoms with Crippen molar-refractivity contribution >= 4 is 34.9 Å². The number of alkyl carbamates (subject to hydrolysis) is 1. The van der Waals surface area contributed by atoms with Crippen molar-refractivity contribution in [3.8, 4) is 17.4 Å². The molecule has 6 rings (SSSR count). The maximum absolute atomic E-state index is 14.3. The minimum Gasteiger partial charge on any atom is -0.479 e. The number of rotatable bonds is 5. The first-order valence-corrected chi connectivity index (χ1v) is 16.5. The lowest BCUT2D eigenvalue weighted by atomic mass is 10.0. The van der Waals surface area contributed by atoms with Gasteiger partial charge in [-0.3, -0.25) is 9.59 Å². The van der Waals surface area contributed by atoms with Crippen molar-refractivity contribution in [2.24, 2.45) is 5.92 Å². The van der Waals surface area contributed by atoms with Crippen molar-refractivity contribution in [2.45, 2.75) is 108 Å². The molecule has 1 aromatic carbocycles. The largest absolute Gasteiger partial charge is 0.479 e. The Bertz CT molecular complexity index is 1680. The Morgan fingerprint density at radius 2 is 1.75 bits per heavy atom. The molecule has 3 amide bonds. The van der Waals surface area contributed by atoms with E-state index in [2.05, 4.69) is 41.2 Å². The van der Waals surface area contributed by atoms with Gasteiger partial charge in [-0.15, -0.1) is 10.2 Å². The number of fused-ring (bicyclic) bond motifs is 3. The summed E-state index contributed by atoms with van der Waals surface area (Å²) < 4.78 is 11.8. The quantitative estimate of drug-likeness (QED) is 0.310. The second kappa shape index (κ2) is 13.3. The summed E-state index contributed by atoms with van der Waals surface area (Å²) in [5.74, 6) is -2.11. The average molecular weight is 664 g/mol. The van der Waals surface area contributed by atoms with Crippen molar-refractivity contribution in [3.63, 3.8) is 0 Å². The number of aliphatic carboxylic acids is 1. The number of amides is 3. The van der Waals surface area contributed by atoms with Gasteiger partial charge in [0, 0.05) is 6.42 Å². The Labute approximate surface area is 276 Å². The van der Waals surface area contributed by atoms with E-state index < -0.39 is 53.2 Å². The van der Waals surface area contributed by atoms with E-state index in [1.165, 1.54) is 4.90 Å². The molecule has 4 N–H and O–H groups in total. The number of carbonyl (C=O) groups is 4. The Kier molecular flexibility index (Phi) is 9.16. The number of para-hydroxylation sites is 2. The number of hydrogen-bond donors (Lipinski definition) is 4. The fourth-order valence-electron chi connectivity index (χ4n) is 6.63. The molecule has 4 heterocycles. The van der Waals surface area contributed by atoms with Crippen molar-refractivity contribution in [2.75, 3.05) is 6.54 Å². The minimum absolute atomic E-state index is 0.0346. The number of hydrogen-bond acceptors (Lipinski definition) is 11. The number of H-pyrrole nitrogens is 1. The number of aromatic amines is 1. The third kappa shape index (κ3) is 7.16. The van der Waals surface area contributed by atoms with Crippen LogP contribution in [0.4, 0.5) is 4.79 Å². The lowest BCUT2D eigenvalue weighted by Gasteiger charge is -2.30. The smallest absolute Gasteiger partial charge is 0.408 e. The number of ether oxygens (including phenoxy) is 2. The van der Waals surface area contributed by atoms with Crippen LogP contribution in [0.5, 0.6) is 5.88 Å². The van der Waals surface area contributed by atoms with E-state index in [4.69, 9.17) is 9.47 Å². The summed E-state index contributed by atoms with van der Waals surface area (Å²) in [5.41, 5.74) is -0.823. The van der Waals surface area contributed by atoms with Gasteiger partial charge in [0.05, 0.1) is 17.6 Å². The Morgan fingerprint density at radius 1 is 1.04 bits per heavy atom. The van der Waals surface area contributed by atoms with E-state index in [9.17, 15) is 24.3 Å². The number of benzene rings is 1. The fraction of sp³-hybridized carbons (Fsp3) is 0.594. The van der Waals surface area contributed by atoms with E-state index in [0.717, 1.165) is 25.7 Å². The molecule has 16 nitrogen and oxygen atoms in total. The highest BCUT2D eigenvalue weighted by atomic mass is 16.6. The van der Waals surface area contributed by atoms with Crippen LogP contribution >= 0.6 is 0 Å². The Hall–Kier alpha value is -4.89. The first kappa shape index (κ1) is 33.0. The van der Waals surface area contributed by atoms with Gasteiger partial charge in [0.25, 0.3) is 0 Å². The zero-order valence-electron chi connectivity index (χ0n) is 27.3. The van der Waals surface area contributed by atoms with Crippen molar-refractivity contribution in [3.05, 3.63) is 24.3 Å². The average Bonchev–Trinajstić information content (AvgIpc) is 3.34. The molecule has 16 heteroatoms. The van der Waals surface area contributed by atoms with E-state index in [-0.39, 0.29) is 36.3 Å². The molecule has 1 aliphatic carbocycles. The van der Waals surface area contributed by atoms with Crippen LogP contribution in [0.15, 0.2) is 24.3 Å². The summed E-state index contributed by atoms with van der Waals surface area (Å²) >= 11 is 0. The molecule has 5 atom stereocenters. The Morgan fingerprint density at radius 3 is 2.44 bits per heavy atom. The van der Waals surface area contributed by atoms with Crippen molar-refractivity contribution < 1.29 is 33.8 Å². The summed E-state index contributed by atoms with van der Waals surface area (Å²) in [4.78, 5) is 64.2. The van der Waals surface area contributed by atoms with Gasteiger partial charge in [-0.25, -0.2) is 19.6 Å². The number of carbonyl (C=O) groups excluding carboxylic acids is 3. The number of tetrazole rings is 1. The molecule has 3 fully saturated rings. The Balaban J connectivity index is 1.32. The van der Waals surface area contributed by atoms with E-state index in [1.807, 2.05) is 12.1 Å². The summed E-state index contributed by atoms with van der Waals surface area (Å²) in [5, 5.41) is 29.8. The van der Waals surface area contributed by atoms with Crippen LogP contribution in [0.2, 0.25) is 0 Å². The molecule has 48 heavy (non-hydrogen) atoms. The summed E-state index contributed by atoms with van der Waals surface area (Å²) in [6, 6.07) is 5.14. The third-order valence-electron chi connectivity index (χ3n) is 9.09. The van der Waals surface area contributed by atoms with Crippen LogP contribution in [-0.2, 0) is 19.1 Å². The lowest BCUT2D eigenvalue weighted by Crippen LogP contribution is -2.56. The number of carboxylic acid groups (broad SMARTS) is 1. The fourth-order valence-corrected chi connectivity index (χ4v) is 6.63. The molecular formula is C32H41N9O7. The molecule has 2 saturated heterocycles. The standard InChI is InChI=1S/C32H41N9O7/c1-31(2,3)48-30(46)35-22-14-8-6-4-5-7-11-18-16-32(18,29(44)45)36-26(42)23-15-19(17-41(23)28(22)43)47-27-24(25-37-39-40-38-25)33-20-12-9-10-13-21(20)34-27/h9-10,12-13,18-19,22-23H,4-8,11,14-17H2,1-3H3,(H,35,46)(H,36,42)(H,44,45)(H,37,38,39,40)/t18?,19-,22+,23+,32?/m1/s1. The second-order valence-corrected chi connectivity index (χ2v) is 13.8. The predicted molar refractivity (Wildman–Crippen MR) is 169 cm³/mol. The van der Waals surface area contributed by atoms with Crippen LogP contribution in [0.25, 0.3) is 22.6 Å². The van der Waals surface area contributed by atoms with Crippen LogP contribution in [-0.4, -0.2) is 100 Å². The van der Waals surface area contributed by atoms with Crippen molar-refractivity contribution in [1.29, 1.82) is 0 Å². The molecule has 0 spiro atoms.